The summed E-state index contributed by atoms with van der Waals surface area (Å²) in [6.45, 7) is 8.16. The maximum atomic E-state index is 13.2. The number of carbonyl (C=O) groups excluding carboxylic acids is 2. The Kier molecular flexibility index (Phi) is 5.30. The third kappa shape index (κ3) is 3.50. The van der Waals surface area contributed by atoms with Crippen molar-refractivity contribution in [2.24, 2.45) is 11.8 Å². The molecule has 2 aliphatic heterocycles. The monoisotopic (exact) mass is 410 g/mol. The predicted molar refractivity (Wildman–Crippen MR) is 114 cm³/mol. The number of benzene rings is 2. The van der Waals surface area contributed by atoms with Crippen LogP contribution in [0.4, 0.5) is 5.69 Å². The van der Waals surface area contributed by atoms with Crippen LogP contribution >= 0.6 is 0 Å². The quantitative estimate of drug-likeness (QED) is 0.753. The van der Waals surface area contributed by atoms with Crippen molar-refractivity contribution in [1.29, 1.82) is 0 Å². The molecule has 1 saturated heterocycles. The van der Waals surface area contributed by atoms with Crippen molar-refractivity contribution in [1.82, 2.24) is 4.90 Å². The zero-order chi connectivity index (χ0) is 20.7. The second-order valence-corrected chi connectivity index (χ2v) is 9.57. The van der Waals surface area contributed by atoms with Crippen LogP contribution in [0.5, 0.6) is 0 Å². The summed E-state index contributed by atoms with van der Waals surface area (Å²) in [5.74, 6) is 0.737. The van der Waals surface area contributed by atoms with E-state index in [4.69, 9.17) is 0 Å². The summed E-state index contributed by atoms with van der Waals surface area (Å²) in [6.07, 6.45) is 1.13. The van der Waals surface area contributed by atoms with E-state index in [9.17, 15) is 13.8 Å². The Morgan fingerprint density at radius 3 is 2.45 bits per heavy atom. The molecule has 4 rings (SSSR count). The maximum absolute atomic E-state index is 13.2. The van der Waals surface area contributed by atoms with Crippen molar-refractivity contribution in [3.05, 3.63) is 53.6 Å². The van der Waals surface area contributed by atoms with Crippen molar-refractivity contribution in [2.75, 3.05) is 24.5 Å². The molecule has 2 aromatic rings. The smallest absolute Gasteiger partial charge is 0.259 e. The molecule has 0 N–H and O–H groups in total. The van der Waals surface area contributed by atoms with Gasteiger partial charge in [-0.05, 0) is 55.5 Å². The Morgan fingerprint density at radius 1 is 1.07 bits per heavy atom. The molecule has 0 aromatic heterocycles. The summed E-state index contributed by atoms with van der Waals surface area (Å²) in [7, 11) is -1.48. The van der Waals surface area contributed by atoms with Gasteiger partial charge in [0.15, 0.2) is 0 Å². The number of carbonyl (C=O) groups is 2. The molecule has 0 saturated carbocycles. The number of amides is 2. The minimum atomic E-state index is -1.48. The zero-order valence-corrected chi connectivity index (χ0v) is 17.9. The lowest BCUT2D eigenvalue weighted by Crippen LogP contribution is -2.42. The standard InChI is InChI=1S/C23H26N2O3S/c1-4-25-19-12-17(22(26)24-13-15(2)11-16(3)14-24)9-10-21(19)29(28)20-8-6-5-7-18(20)23(25)27/h5-10,12,15-16H,4,11,13-14H2,1-3H3. The number of fused-ring (bicyclic) bond motifs is 2. The number of hydrogen-bond donors (Lipinski definition) is 0. The topological polar surface area (TPSA) is 57.7 Å². The summed E-state index contributed by atoms with van der Waals surface area (Å²) >= 11 is 0. The number of nitrogens with zero attached hydrogens (tertiary/aromatic N) is 2. The van der Waals surface area contributed by atoms with Gasteiger partial charge in [-0.1, -0.05) is 26.0 Å². The molecule has 0 aliphatic carbocycles. The van der Waals surface area contributed by atoms with Crippen molar-refractivity contribution >= 4 is 28.3 Å². The molecule has 2 heterocycles. The molecule has 2 aliphatic rings. The SMILES string of the molecule is CCN1C(=O)c2ccccc2S(=O)c2ccc(C(=O)N3CC(C)CC(C)C3)cc21. The normalized spacial score (nSPS) is 24.0. The van der Waals surface area contributed by atoms with E-state index in [0.29, 0.717) is 45.0 Å². The van der Waals surface area contributed by atoms with Gasteiger partial charge in [0.1, 0.15) is 0 Å². The van der Waals surface area contributed by atoms with Crippen LogP contribution in [-0.4, -0.2) is 40.6 Å². The fraction of sp³-hybridized carbons (Fsp3) is 0.391. The number of anilines is 1. The summed E-state index contributed by atoms with van der Waals surface area (Å²) in [5.41, 5.74) is 1.56. The molecule has 3 atom stereocenters. The summed E-state index contributed by atoms with van der Waals surface area (Å²) in [4.78, 5) is 30.9. The fourth-order valence-corrected chi connectivity index (χ4v) is 5.87. The van der Waals surface area contributed by atoms with Gasteiger partial charge in [-0.15, -0.1) is 0 Å². The van der Waals surface area contributed by atoms with E-state index in [1.165, 1.54) is 0 Å². The summed E-state index contributed by atoms with van der Waals surface area (Å²) < 4.78 is 13.2. The van der Waals surface area contributed by atoms with Crippen molar-refractivity contribution < 1.29 is 13.8 Å². The van der Waals surface area contributed by atoms with E-state index in [2.05, 4.69) is 13.8 Å². The van der Waals surface area contributed by atoms with Crippen LogP contribution in [0.15, 0.2) is 52.3 Å². The van der Waals surface area contributed by atoms with Crippen LogP contribution in [0.1, 0.15) is 47.9 Å². The highest BCUT2D eigenvalue weighted by Gasteiger charge is 2.32. The molecule has 0 spiro atoms. The molecule has 0 bridgehead atoms. The average Bonchev–Trinajstić information content (AvgIpc) is 2.80. The van der Waals surface area contributed by atoms with Gasteiger partial charge in [0.2, 0.25) is 0 Å². The van der Waals surface area contributed by atoms with Crippen molar-refractivity contribution in [2.45, 2.75) is 37.0 Å². The maximum Gasteiger partial charge on any atom is 0.259 e. The first kappa shape index (κ1) is 19.8. The van der Waals surface area contributed by atoms with E-state index in [0.717, 1.165) is 19.5 Å². The van der Waals surface area contributed by atoms with Gasteiger partial charge in [-0.3, -0.25) is 9.59 Å². The Balaban J connectivity index is 1.76. The van der Waals surface area contributed by atoms with E-state index in [1.54, 1.807) is 47.4 Å². The highest BCUT2D eigenvalue weighted by Crippen LogP contribution is 2.35. The van der Waals surface area contributed by atoms with Crippen LogP contribution in [-0.2, 0) is 10.8 Å². The van der Waals surface area contributed by atoms with Crippen molar-refractivity contribution in [3.63, 3.8) is 0 Å². The molecular formula is C23H26N2O3S. The largest absolute Gasteiger partial charge is 0.338 e. The minimum absolute atomic E-state index is 0.0257. The lowest BCUT2D eigenvalue weighted by Gasteiger charge is -2.35. The predicted octanol–water partition coefficient (Wildman–Crippen LogP) is 3.95. The second-order valence-electron chi connectivity index (χ2n) is 8.15. The minimum Gasteiger partial charge on any atom is -0.338 e. The van der Waals surface area contributed by atoms with Crippen molar-refractivity contribution in [3.8, 4) is 0 Å². The van der Waals surface area contributed by atoms with E-state index in [1.807, 2.05) is 11.8 Å². The van der Waals surface area contributed by atoms with Crippen LogP contribution in [0.2, 0.25) is 0 Å². The average molecular weight is 411 g/mol. The molecule has 3 unspecified atom stereocenters. The van der Waals surface area contributed by atoms with Gasteiger partial charge >= 0.3 is 0 Å². The molecule has 0 radical (unpaired) electrons. The first-order valence-corrected chi connectivity index (χ1v) is 11.3. The van der Waals surface area contributed by atoms with E-state index in [-0.39, 0.29) is 11.8 Å². The number of hydrogen-bond acceptors (Lipinski definition) is 3. The zero-order valence-electron chi connectivity index (χ0n) is 17.1. The Bertz CT molecular complexity index is 993. The van der Waals surface area contributed by atoms with Crippen LogP contribution in [0, 0.1) is 11.8 Å². The fourth-order valence-electron chi connectivity index (χ4n) is 4.52. The van der Waals surface area contributed by atoms with Crippen LogP contribution in [0.3, 0.4) is 0 Å². The lowest BCUT2D eigenvalue weighted by atomic mass is 9.91. The van der Waals surface area contributed by atoms with E-state index >= 15 is 0 Å². The Hall–Kier alpha value is -2.47. The number of piperidine rings is 1. The van der Waals surface area contributed by atoms with Gasteiger partial charge in [0.05, 0.1) is 31.8 Å². The Morgan fingerprint density at radius 2 is 1.76 bits per heavy atom. The molecule has 6 heteroatoms. The van der Waals surface area contributed by atoms with Crippen LogP contribution in [0.25, 0.3) is 0 Å². The molecule has 2 amide bonds. The van der Waals surface area contributed by atoms with Gasteiger partial charge in [0, 0.05) is 25.2 Å². The highest BCUT2D eigenvalue weighted by atomic mass is 32.2. The Labute approximate surface area is 174 Å². The van der Waals surface area contributed by atoms with Gasteiger partial charge in [-0.25, -0.2) is 4.21 Å². The third-order valence-corrected chi connectivity index (χ3v) is 7.23. The van der Waals surface area contributed by atoms with Crippen LogP contribution < -0.4 is 4.90 Å². The number of likely N-dealkylation sites (tertiary alicyclic amines) is 1. The van der Waals surface area contributed by atoms with Gasteiger partial charge in [-0.2, -0.15) is 0 Å². The van der Waals surface area contributed by atoms with E-state index < -0.39 is 10.8 Å². The second kappa shape index (κ2) is 7.75. The molecule has 29 heavy (non-hydrogen) atoms. The highest BCUT2D eigenvalue weighted by molar-refractivity contribution is 7.85. The summed E-state index contributed by atoms with van der Waals surface area (Å²) in [5, 5.41) is 0. The van der Waals surface area contributed by atoms with Gasteiger partial charge in [0.25, 0.3) is 11.8 Å². The molecule has 152 valence electrons. The molecule has 1 fully saturated rings. The molecule has 2 aromatic carbocycles. The van der Waals surface area contributed by atoms with Gasteiger partial charge < -0.3 is 9.80 Å². The third-order valence-electron chi connectivity index (χ3n) is 5.73. The summed E-state index contributed by atoms with van der Waals surface area (Å²) in [6, 6.07) is 12.3. The first-order valence-electron chi connectivity index (χ1n) is 10.2. The lowest BCUT2D eigenvalue weighted by molar-refractivity contribution is 0.0623. The molecule has 5 nitrogen and oxygen atoms in total. The molecular weight excluding hydrogens is 384 g/mol. The number of rotatable bonds is 2. The first-order chi connectivity index (χ1) is 13.9.